The van der Waals surface area contributed by atoms with Crippen LogP contribution in [0.1, 0.15) is 103 Å². The minimum atomic E-state index is -2.80. The van der Waals surface area contributed by atoms with Gasteiger partial charge in [-0.05, 0) is 23.5 Å². The standard InChI is InChI=1S/C27H50N3O7P/c1-2-3-4-5-6-7-8-9-10-11-12-13-14-15-19-35-20-16-21-36-27(38(33)34)37-24(23-31)22-30-18-17-25(28)29-26(30)32/h17-18,24,27,31H,2-16,19-23H2,1H3,(H2-,28,29,32,33,34)/p+1. The molecule has 1 rings (SSSR count). The number of aliphatic hydroxyl groups excluding tert-OH is 1. The first kappa shape index (κ1) is 34.6. The summed E-state index contributed by atoms with van der Waals surface area (Å²) >= 11 is 0. The average Bonchev–Trinajstić information content (AvgIpc) is 2.89. The fourth-order valence-corrected chi connectivity index (χ4v) is 4.62. The molecule has 38 heavy (non-hydrogen) atoms. The van der Waals surface area contributed by atoms with Gasteiger partial charge in [0.15, 0.2) is 0 Å². The van der Waals surface area contributed by atoms with Crippen LogP contribution < -0.4 is 11.4 Å². The zero-order valence-corrected chi connectivity index (χ0v) is 24.2. The molecule has 4 N–H and O–H groups in total. The zero-order chi connectivity index (χ0) is 27.8. The van der Waals surface area contributed by atoms with Gasteiger partial charge < -0.3 is 25.1 Å². The third kappa shape index (κ3) is 18.0. The van der Waals surface area contributed by atoms with Gasteiger partial charge >= 0.3 is 19.7 Å². The summed E-state index contributed by atoms with van der Waals surface area (Å²) in [6, 6.07) is 0.0279. The van der Waals surface area contributed by atoms with E-state index in [-0.39, 0.29) is 19.0 Å². The Morgan fingerprint density at radius 1 is 0.921 bits per heavy atom. The molecule has 0 aliphatic carbocycles. The molecule has 0 radical (unpaired) electrons. The number of ether oxygens (including phenoxy) is 3. The number of aromatic nitrogens is 2. The SMILES string of the molecule is CCCCCCCCCCCCCCCCOCCCOC(OC(CO)Cn1ccc(N)nc1=O)[P+](=O)O. The van der Waals surface area contributed by atoms with Crippen molar-refractivity contribution in [3.8, 4) is 0 Å². The molecule has 0 aliphatic heterocycles. The van der Waals surface area contributed by atoms with Gasteiger partial charge in [0.2, 0.25) is 0 Å². The second kappa shape index (κ2) is 23.5. The van der Waals surface area contributed by atoms with E-state index in [0.29, 0.717) is 19.6 Å². The van der Waals surface area contributed by atoms with Crippen LogP contribution in [0.4, 0.5) is 5.82 Å². The molecule has 0 aromatic carbocycles. The molecular weight excluding hydrogens is 509 g/mol. The van der Waals surface area contributed by atoms with Gasteiger partial charge in [-0.1, -0.05) is 90.4 Å². The quantitative estimate of drug-likeness (QED) is 0.0797. The molecule has 0 aliphatic rings. The number of anilines is 1. The van der Waals surface area contributed by atoms with Crippen LogP contribution in [-0.4, -0.2) is 58.1 Å². The van der Waals surface area contributed by atoms with E-state index in [9.17, 15) is 19.4 Å². The molecular formula is C27H51N3O7P+. The summed E-state index contributed by atoms with van der Waals surface area (Å²) in [4.78, 5) is 25.0. The average molecular weight is 561 g/mol. The third-order valence-corrected chi connectivity index (χ3v) is 6.96. The van der Waals surface area contributed by atoms with Gasteiger partial charge in [0.05, 0.1) is 19.8 Å². The van der Waals surface area contributed by atoms with Crippen LogP contribution >= 0.6 is 8.03 Å². The van der Waals surface area contributed by atoms with Crippen LogP contribution in [0.15, 0.2) is 17.1 Å². The van der Waals surface area contributed by atoms with Crippen molar-refractivity contribution in [3.05, 3.63) is 22.7 Å². The summed E-state index contributed by atoms with van der Waals surface area (Å²) in [5, 5.41) is 9.56. The van der Waals surface area contributed by atoms with E-state index < -0.39 is 32.5 Å². The number of hydrogen-bond donors (Lipinski definition) is 3. The summed E-state index contributed by atoms with van der Waals surface area (Å²) in [5.41, 5.74) is 4.86. The lowest BCUT2D eigenvalue weighted by Crippen LogP contribution is -2.34. The van der Waals surface area contributed by atoms with Gasteiger partial charge in [-0.3, -0.25) is 4.57 Å². The van der Waals surface area contributed by atoms with E-state index in [1.54, 1.807) is 0 Å². The van der Waals surface area contributed by atoms with Gasteiger partial charge in [0.1, 0.15) is 11.9 Å². The topological polar surface area (TPSA) is 146 Å². The van der Waals surface area contributed by atoms with Crippen LogP contribution in [0.3, 0.4) is 0 Å². The number of nitrogen functional groups attached to an aromatic ring is 1. The van der Waals surface area contributed by atoms with E-state index in [1.807, 2.05) is 0 Å². The van der Waals surface area contributed by atoms with E-state index in [2.05, 4.69) is 11.9 Å². The van der Waals surface area contributed by atoms with Crippen LogP contribution in [0.2, 0.25) is 0 Å². The Kier molecular flexibility index (Phi) is 21.4. The van der Waals surface area contributed by atoms with E-state index in [4.69, 9.17) is 19.9 Å². The minimum Gasteiger partial charge on any atom is -0.394 e. The van der Waals surface area contributed by atoms with Crippen LogP contribution in [0.5, 0.6) is 0 Å². The first-order chi connectivity index (χ1) is 18.5. The molecule has 10 nitrogen and oxygen atoms in total. The first-order valence-electron chi connectivity index (χ1n) is 14.4. The molecule has 0 spiro atoms. The Morgan fingerprint density at radius 3 is 2.00 bits per heavy atom. The predicted octanol–water partition coefficient (Wildman–Crippen LogP) is 5.13. The molecule has 0 saturated carbocycles. The maximum absolute atomic E-state index is 11.9. The summed E-state index contributed by atoms with van der Waals surface area (Å²) < 4.78 is 29.3. The van der Waals surface area contributed by atoms with Gasteiger partial charge in [-0.25, -0.2) is 4.79 Å². The van der Waals surface area contributed by atoms with Crippen molar-refractivity contribution in [1.82, 2.24) is 9.55 Å². The van der Waals surface area contributed by atoms with Crippen molar-refractivity contribution >= 4 is 13.8 Å². The Balaban J connectivity index is 2.01. The largest absolute Gasteiger partial charge is 0.569 e. The lowest BCUT2D eigenvalue weighted by molar-refractivity contribution is -0.140. The van der Waals surface area contributed by atoms with Crippen LogP contribution in [-0.2, 0) is 25.3 Å². The smallest absolute Gasteiger partial charge is 0.394 e. The lowest BCUT2D eigenvalue weighted by Gasteiger charge is -2.17. The molecule has 0 fully saturated rings. The molecule has 0 bridgehead atoms. The second-order valence-corrected chi connectivity index (χ2v) is 10.8. The number of unbranched alkanes of at least 4 members (excludes halogenated alkanes) is 13. The highest BCUT2D eigenvalue weighted by molar-refractivity contribution is 7.38. The van der Waals surface area contributed by atoms with Crippen molar-refractivity contribution in [2.45, 2.75) is 122 Å². The number of hydrogen-bond acceptors (Lipinski definition) is 8. The molecule has 11 heteroatoms. The third-order valence-electron chi connectivity index (χ3n) is 6.32. The summed E-state index contributed by atoms with van der Waals surface area (Å²) in [5.74, 6) is 0.0823. The fraction of sp³-hybridized carbons (Fsp3) is 0.852. The maximum Gasteiger partial charge on any atom is 0.569 e. The highest BCUT2D eigenvalue weighted by Crippen LogP contribution is 2.26. The second-order valence-electron chi connectivity index (χ2n) is 9.77. The Morgan fingerprint density at radius 2 is 1.47 bits per heavy atom. The van der Waals surface area contributed by atoms with Crippen LogP contribution in [0.25, 0.3) is 0 Å². The molecule has 1 heterocycles. The molecule has 0 amide bonds. The van der Waals surface area contributed by atoms with Crippen molar-refractivity contribution in [2.75, 3.05) is 32.2 Å². The van der Waals surface area contributed by atoms with E-state index >= 15 is 0 Å². The van der Waals surface area contributed by atoms with Gasteiger partial charge in [-0.2, -0.15) is 9.88 Å². The normalized spacial score (nSPS) is 13.5. The van der Waals surface area contributed by atoms with Gasteiger partial charge in [0, 0.05) is 19.4 Å². The summed E-state index contributed by atoms with van der Waals surface area (Å²) in [7, 11) is -2.80. The molecule has 3 atom stereocenters. The Hall–Kier alpha value is -1.42. The van der Waals surface area contributed by atoms with E-state index in [1.165, 1.54) is 100 Å². The molecule has 1 aromatic heterocycles. The Bertz CT molecular complexity index is 781. The monoisotopic (exact) mass is 560 g/mol. The lowest BCUT2D eigenvalue weighted by atomic mass is 10.0. The number of aliphatic hydroxyl groups is 1. The molecule has 1 aromatic rings. The van der Waals surface area contributed by atoms with Gasteiger partial charge in [-0.15, -0.1) is 0 Å². The molecule has 3 unspecified atom stereocenters. The summed E-state index contributed by atoms with van der Waals surface area (Å²) in [6.07, 6.45) is 19.5. The van der Waals surface area contributed by atoms with Crippen molar-refractivity contribution in [1.29, 1.82) is 0 Å². The van der Waals surface area contributed by atoms with Gasteiger partial charge in [0.25, 0.3) is 0 Å². The van der Waals surface area contributed by atoms with Crippen molar-refractivity contribution in [3.63, 3.8) is 0 Å². The van der Waals surface area contributed by atoms with Crippen molar-refractivity contribution < 1.29 is 28.8 Å². The maximum atomic E-state index is 11.9. The van der Waals surface area contributed by atoms with Crippen LogP contribution in [0, 0.1) is 0 Å². The molecule has 0 saturated heterocycles. The van der Waals surface area contributed by atoms with Crippen molar-refractivity contribution in [2.24, 2.45) is 0 Å². The number of nitrogens with two attached hydrogens (primary N) is 1. The number of nitrogens with zero attached hydrogens (tertiary/aromatic N) is 2. The highest BCUT2D eigenvalue weighted by Gasteiger charge is 2.34. The first-order valence-corrected chi connectivity index (χ1v) is 15.7. The predicted molar refractivity (Wildman–Crippen MR) is 150 cm³/mol. The fourth-order valence-electron chi connectivity index (χ4n) is 4.11. The minimum absolute atomic E-state index is 0.0616. The number of rotatable bonds is 26. The molecule has 220 valence electrons. The van der Waals surface area contributed by atoms with E-state index in [0.717, 1.165) is 6.42 Å². The zero-order valence-electron chi connectivity index (χ0n) is 23.3. The Labute approximate surface area is 229 Å². The highest BCUT2D eigenvalue weighted by atomic mass is 31.1. The summed E-state index contributed by atoms with van der Waals surface area (Å²) in [6.45, 7) is 3.09.